The third kappa shape index (κ3) is 2.84. The fraction of sp³-hybridized carbons (Fsp3) is 0.294. The lowest BCUT2D eigenvalue weighted by atomic mass is 9.98. The first-order valence-corrected chi connectivity index (χ1v) is 7.07. The molecular formula is C17H20N2O. The molecule has 2 N–H and O–H groups in total. The lowest BCUT2D eigenvalue weighted by Gasteiger charge is -2.28. The van der Waals surface area contributed by atoms with Crippen molar-refractivity contribution in [3.63, 3.8) is 0 Å². The summed E-state index contributed by atoms with van der Waals surface area (Å²) in [5, 5.41) is 0. The number of anilines is 1. The number of nitrogen functional groups attached to an aromatic ring is 1. The van der Waals surface area contributed by atoms with Gasteiger partial charge >= 0.3 is 0 Å². The van der Waals surface area contributed by atoms with E-state index in [1.807, 2.05) is 18.2 Å². The Hall–Kier alpha value is -1.84. The van der Waals surface area contributed by atoms with Crippen molar-refractivity contribution in [2.24, 2.45) is 0 Å². The average molecular weight is 268 g/mol. The van der Waals surface area contributed by atoms with Gasteiger partial charge in [0.2, 0.25) is 0 Å². The molecule has 1 aliphatic rings. The molecule has 3 nitrogen and oxygen atoms in total. The summed E-state index contributed by atoms with van der Waals surface area (Å²) in [7, 11) is 0. The summed E-state index contributed by atoms with van der Waals surface area (Å²) in [6, 6.07) is 16.6. The predicted molar refractivity (Wildman–Crippen MR) is 82.4 cm³/mol. The number of ether oxygens (including phenoxy) is 1. The minimum atomic E-state index is 0.813. The molecular weight excluding hydrogens is 248 g/mol. The summed E-state index contributed by atoms with van der Waals surface area (Å²) in [5.41, 5.74) is 10.8. The van der Waals surface area contributed by atoms with Crippen LogP contribution in [0.1, 0.15) is 5.56 Å². The van der Waals surface area contributed by atoms with E-state index in [4.69, 9.17) is 10.5 Å². The summed E-state index contributed by atoms with van der Waals surface area (Å²) >= 11 is 0. The second kappa shape index (κ2) is 6.07. The van der Waals surface area contributed by atoms with E-state index in [0.717, 1.165) is 38.5 Å². The molecule has 1 heterocycles. The monoisotopic (exact) mass is 268 g/mol. The van der Waals surface area contributed by atoms with Gasteiger partial charge in [-0.1, -0.05) is 42.5 Å². The number of benzene rings is 2. The minimum absolute atomic E-state index is 0.813. The maximum Gasteiger partial charge on any atom is 0.0594 e. The molecule has 2 aromatic rings. The lowest BCUT2D eigenvalue weighted by molar-refractivity contribution is 0.0343. The largest absolute Gasteiger partial charge is 0.398 e. The molecule has 3 rings (SSSR count). The molecule has 2 aromatic carbocycles. The first kappa shape index (κ1) is 13.2. The molecule has 0 aliphatic carbocycles. The standard InChI is InChI=1S/C17H20N2O/c18-17-8-4-7-15(14-5-2-1-3-6-14)16(17)13-19-9-11-20-12-10-19/h1-8H,9-13,18H2. The summed E-state index contributed by atoms with van der Waals surface area (Å²) in [4.78, 5) is 2.40. The van der Waals surface area contributed by atoms with Crippen molar-refractivity contribution in [3.8, 4) is 11.1 Å². The van der Waals surface area contributed by atoms with Crippen LogP contribution in [0, 0.1) is 0 Å². The van der Waals surface area contributed by atoms with Crippen LogP contribution in [-0.2, 0) is 11.3 Å². The first-order valence-electron chi connectivity index (χ1n) is 7.07. The van der Waals surface area contributed by atoms with Crippen LogP contribution in [0.2, 0.25) is 0 Å². The van der Waals surface area contributed by atoms with Gasteiger partial charge in [-0.3, -0.25) is 4.90 Å². The van der Waals surface area contributed by atoms with Crippen molar-refractivity contribution in [1.29, 1.82) is 0 Å². The van der Waals surface area contributed by atoms with E-state index in [1.54, 1.807) is 0 Å². The van der Waals surface area contributed by atoms with Crippen molar-refractivity contribution in [3.05, 3.63) is 54.1 Å². The van der Waals surface area contributed by atoms with E-state index < -0.39 is 0 Å². The van der Waals surface area contributed by atoms with Crippen molar-refractivity contribution in [2.75, 3.05) is 32.0 Å². The predicted octanol–water partition coefficient (Wildman–Crippen LogP) is 2.77. The summed E-state index contributed by atoms with van der Waals surface area (Å²) in [6.07, 6.45) is 0. The first-order chi connectivity index (χ1) is 9.84. The molecule has 104 valence electrons. The fourth-order valence-corrected chi connectivity index (χ4v) is 2.65. The Balaban J connectivity index is 1.92. The van der Waals surface area contributed by atoms with Gasteiger partial charge < -0.3 is 10.5 Å². The molecule has 0 aromatic heterocycles. The third-order valence-electron chi connectivity index (χ3n) is 3.78. The van der Waals surface area contributed by atoms with E-state index >= 15 is 0 Å². The van der Waals surface area contributed by atoms with Gasteiger partial charge in [0.05, 0.1) is 13.2 Å². The van der Waals surface area contributed by atoms with Crippen LogP contribution in [0.4, 0.5) is 5.69 Å². The molecule has 3 heteroatoms. The van der Waals surface area contributed by atoms with E-state index in [2.05, 4.69) is 35.2 Å². The number of nitrogens with zero attached hydrogens (tertiary/aromatic N) is 1. The zero-order chi connectivity index (χ0) is 13.8. The SMILES string of the molecule is Nc1cccc(-c2ccccc2)c1CN1CCOCC1. The van der Waals surface area contributed by atoms with Gasteiger partial charge in [0.25, 0.3) is 0 Å². The molecule has 0 bridgehead atoms. The molecule has 1 fully saturated rings. The Morgan fingerprint density at radius 2 is 1.70 bits per heavy atom. The average Bonchev–Trinajstić information content (AvgIpc) is 2.51. The minimum Gasteiger partial charge on any atom is -0.398 e. The molecule has 0 atom stereocenters. The number of hydrogen-bond acceptors (Lipinski definition) is 3. The normalized spacial score (nSPS) is 16.2. The highest BCUT2D eigenvalue weighted by Crippen LogP contribution is 2.29. The van der Waals surface area contributed by atoms with Gasteiger partial charge in [0.1, 0.15) is 0 Å². The van der Waals surface area contributed by atoms with Crippen molar-refractivity contribution < 1.29 is 4.74 Å². The van der Waals surface area contributed by atoms with E-state index in [1.165, 1.54) is 16.7 Å². The second-order valence-electron chi connectivity index (χ2n) is 5.13. The Morgan fingerprint density at radius 1 is 0.950 bits per heavy atom. The van der Waals surface area contributed by atoms with E-state index in [9.17, 15) is 0 Å². The lowest BCUT2D eigenvalue weighted by Crippen LogP contribution is -2.36. The maximum atomic E-state index is 6.22. The maximum absolute atomic E-state index is 6.22. The van der Waals surface area contributed by atoms with E-state index in [0.29, 0.717) is 0 Å². The molecule has 0 amide bonds. The van der Waals surface area contributed by atoms with Crippen molar-refractivity contribution in [2.45, 2.75) is 6.54 Å². The highest BCUT2D eigenvalue weighted by molar-refractivity contribution is 5.73. The number of morpholine rings is 1. The summed E-state index contributed by atoms with van der Waals surface area (Å²) in [6.45, 7) is 4.46. The van der Waals surface area contributed by atoms with Gasteiger partial charge in [-0.2, -0.15) is 0 Å². The van der Waals surface area contributed by atoms with E-state index in [-0.39, 0.29) is 0 Å². The molecule has 0 unspecified atom stereocenters. The molecule has 0 saturated carbocycles. The van der Waals surface area contributed by atoms with Crippen molar-refractivity contribution in [1.82, 2.24) is 4.90 Å². The molecule has 1 saturated heterocycles. The van der Waals surface area contributed by atoms with Gasteiger partial charge in [-0.15, -0.1) is 0 Å². The van der Waals surface area contributed by atoms with Crippen LogP contribution in [0.15, 0.2) is 48.5 Å². The fourth-order valence-electron chi connectivity index (χ4n) is 2.65. The number of hydrogen-bond donors (Lipinski definition) is 1. The molecule has 0 spiro atoms. The smallest absolute Gasteiger partial charge is 0.0594 e. The van der Waals surface area contributed by atoms with Gasteiger partial charge in [-0.25, -0.2) is 0 Å². The Kier molecular flexibility index (Phi) is 4.00. The molecule has 0 radical (unpaired) electrons. The highest BCUT2D eigenvalue weighted by Gasteiger charge is 2.15. The van der Waals surface area contributed by atoms with Gasteiger partial charge in [0.15, 0.2) is 0 Å². The van der Waals surface area contributed by atoms with Crippen LogP contribution < -0.4 is 5.73 Å². The summed E-state index contributed by atoms with van der Waals surface area (Å²) in [5.74, 6) is 0. The topological polar surface area (TPSA) is 38.5 Å². The van der Waals surface area contributed by atoms with Crippen LogP contribution >= 0.6 is 0 Å². The Labute approximate surface area is 120 Å². The third-order valence-corrected chi connectivity index (χ3v) is 3.78. The van der Waals surface area contributed by atoms with Crippen LogP contribution in [0.25, 0.3) is 11.1 Å². The zero-order valence-corrected chi connectivity index (χ0v) is 11.6. The Bertz CT molecular complexity index is 562. The quantitative estimate of drug-likeness (QED) is 0.870. The van der Waals surface area contributed by atoms with Crippen LogP contribution in [0.5, 0.6) is 0 Å². The van der Waals surface area contributed by atoms with Gasteiger partial charge in [-0.05, 0) is 22.8 Å². The van der Waals surface area contributed by atoms with Gasteiger partial charge in [0, 0.05) is 25.3 Å². The molecule has 20 heavy (non-hydrogen) atoms. The highest BCUT2D eigenvalue weighted by atomic mass is 16.5. The molecule has 1 aliphatic heterocycles. The second-order valence-corrected chi connectivity index (χ2v) is 5.13. The Morgan fingerprint density at radius 3 is 2.45 bits per heavy atom. The van der Waals surface area contributed by atoms with Crippen LogP contribution in [0.3, 0.4) is 0 Å². The van der Waals surface area contributed by atoms with Crippen molar-refractivity contribution >= 4 is 5.69 Å². The number of nitrogens with two attached hydrogens (primary N) is 1. The number of rotatable bonds is 3. The zero-order valence-electron chi connectivity index (χ0n) is 11.6. The summed E-state index contributed by atoms with van der Waals surface area (Å²) < 4.78 is 5.41. The van der Waals surface area contributed by atoms with Crippen LogP contribution in [-0.4, -0.2) is 31.2 Å².